The van der Waals surface area contributed by atoms with Crippen LogP contribution in [0.4, 0.5) is 5.69 Å². The van der Waals surface area contributed by atoms with Gasteiger partial charge in [-0.1, -0.05) is 12.1 Å². The van der Waals surface area contributed by atoms with Gasteiger partial charge in [-0.2, -0.15) is 0 Å². The first-order valence-electron chi connectivity index (χ1n) is 9.00. The number of pyridine rings is 1. The Morgan fingerprint density at radius 1 is 1.18 bits per heavy atom. The maximum atomic E-state index is 12.6. The van der Waals surface area contributed by atoms with Gasteiger partial charge in [0.25, 0.3) is 11.8 Å². The lowest BCUT2D eigenvalue weighted by atomic mass is 10.1. The van der Waals surface area contributed by atoms with E-state index in [1.165, 1.54) is 12.3 Å². The van der Waals surface area contributed by atoms with Gasteiger partial charge in [0.1, 0.15) is 5.69 Å². The minimum Gasteiger partial charge on any atom is -0.462 e. The molecule has 1 aromatic carbocycles. The summed E-state index contributed by atoms with van der Waals surface area (Å²) in [5, 5.41) is 2.66. The number of ether oxygens (including phenoxy) is 2. The van der Waals surface area contributed by atoms with E-state index in [1.54, 1.807) is 42.2 Å². The highest BCUT2D eigenvalue weighted by atomic mass is 16.5. The second-order valence-electron chi connectivity index (χ2n) is 6.05. The first kappa shape index (κ1) is 19.5. The van der Waals surface area contributed by atoms with Crippen molar-refractivity contribution in [1.29, 1.82) is 0 Å². The Bertz CT molecular complexity index is 878. The molecule has 0 spiro atoms. The number of aromatic nitrogens is 1. The molecule has 1 fully saturated rings. The van der Waals surface area contributed by atoms with Gasteiger partial charge in [-0.25, -0.2) is 4.79 Å². The van der Waals surface area contributed by atoms with E-state index in [0.29, 0.717) is 37.6 Å². The van der Waals surface area contributed by atoms with E-state index < -0.39 is 11.9 Å². The van der Waals surface area contributed by atoms with Crippen molar-refractivity contribution in [2.75, 3.05) is 38.2 Å². The van der Waals surface area contributed by atoms with Gasteiger partial charge in [0.2, 0.25) is 0 Å². The Labute approximate surface area is 162 Å². The summed E-state index contributed by atoms with van der Waals surface area (Å²) in [6.45, 7) is 3.95. The highest BCUT2D eigenvalue weighted by Crippen LogP contribution is 2.17. The Hall–Kier alpha value is -3.26. The molecule has 1 aromatic heterocycles. The van der Waals surface area contributed by atoms with Crippen LogP contribution in [0, 0.1) is 0 Å². The quantitative estimate of drug-likeness (QED) is 0.793. The van der Waals surface area contributed by atoms with Crippen molar-refractivity contribution in [2.24, 2.45) is 0 Å². The zero-order valence-electron chi connectivity index (χ0n) is 15.5. The number of benzene rings is 1. The van der Waals surface area contributed by atoms with Crippen molar-refractivity contribution >= 4 is 23.5 Å². The third-order valence-electron chi connectivity index (χ3n) is 4.21. The SMILES string of the molecule is CCOC(=O)c1ccccc1NC(=O)c1cc(C(=O)N2CCOCC2)ccn1. The van der Waals surface area contributed by atoms with Crippen LogP contribution in [-0.2, 0) is 9.47 Å². The lowest BCUT2D eigenvalue weighted by molar-refractivity contribution is 0.0302. The Kier molecular flexibility index (Phi) is 6.33. The Morgan fingerprint density at radius 2 is 1.93 bits per heavy atom. The van der Waals surface area contributed by atoms with Crippen molar-refractivity contribution in [3.63, 3.8) is 0 Å². The molecule has 0 radical (unpaired) electrons. The molecule has 0 unspecified atom stereocenters. The van der Waals surface area contributed by atoms with Gasteiger partial charge in [-0.3, -0.25) is 14.6 Å². The average Bonchev–Trinajstić information content (AvgIpc) is 2.74. The number of carbonyl (C=O) groups is 3. The molecule has 1 aliphatic heterocycles. The van der Waals surface area contributed by atoms with E-state index in [1.807, 2.05) is 0 Å². The van der Waals surface area contributed by atoms with Crippen molar-refractivity contribution < 1.29 is 23.9 Å². The summed E-state index contributed by atoms with van der Waals surface area (Å²) < 4.78 is 10.3. The predicted octanol–water partition coefficient (Wildman–Crippen LogP) is 1.98. The second kappa shape index (κ2) is 9.09. The maximum Gasteiger partial charge on any atom is 0.340 e. The highest BCUT2D eigenvalue weighted by molar-refractivity contribution is 6.08. The van der Waals surface area contributed by atoms with Gasteiger partial charge < -0.3 is 19.7 Å². The van der Waals surface area contributed by atoms with Crippen molar-refractivity contribution in [2.45, 2.75) is 6.92 Å². The number of esters is 1. The minimum atomic E-state index is -0.525. The molecule has 0 saturated carbocycles. The van der Waals surface area contributed by atoms with Crippen LogP contribution in [0.1, 0.15) is 38.1 Å². The zero-order chi connectivity index (χ0) is 19.9. The van der Waals surface area contributed by atoms with Crippen LogP contribution in [0.15, 0.2) is 42.6 Å². The number of morpholine rings is 1. The molecule has 2 aromatic rings. The van der Waals surface area contributed by atoms with Crippen LogP contribution < -0.4 is 5.32 Å². The number of hydrogen-bond donors (Lipinski definition) is 1. The molecule has 0 bridgehead atoms. The summed E-state index contributed by atoms with van der Waals surface area (Å²) in [6, 6.07) is 9.57. The summed E-state index contributed by atoms with van der Waals surface area (Å²) in [5.74, 6) is -1.22. The number of nitrogens with one attached hydrogen (secondary N) is 1. The molecule has 1 saturated heterocycles. The van der Waals surface area contributed by atoms with Crippen LogP contribution in [0.25, 0.3) is 0 Å². The Balaban J connectivity index is 1.77. The molecule has 2 heterocycles. The van der Waals surface area contributed by atoms with E-state index in [4.69, 9.17) is 9.47 Å². The summed E-state index contributed by atoms with van der Waals surface area (Å²) in [7, 11) is 0. The standard InChI is InChI=1S/C20H21N3O5/c1-2-28-20(26)15-5-3-4-6-16(15)22-18(24)17-13-14(7-8-21-17)19(25)23-9-11-27-12-10-23/h3-8,13H,2,9-12H2,1H3,(H,22,24). The van der Waals surface area contributed by atoms with Crippen LogP contribution in [0.3, 0.4) is 0 Å². The first-order chi connectivity index (χ1) is 13.6. The van der Waals surface area contributed by atoms with E-state index in [-0.39, 0.29) is 23.8 Å². The number of para-hydroxylation sites is 1. The number of carbonyl (C=O) groups excluding carboxylic acids is 3. The summed E-state index contributed by atoms with van der Waals surface area (Å²) >= 11 is 0. The molecule has 28 heavy (non-hydrogen) atoms. The molecular weight excluding hydrogens is 362 g/mol. The topological polar surface area (TPSA) is 97.8 Å². The Morgan fingerprint density at radius 3 is 2.68 bits per heavy atom. The third kappa shape index (κ3) is 4.52. The van der Waals surface area contributed by atoms with Crippen molar-refractivity contribution in [1.82, 2.24) is 9.88 Å². The lowest BCUT2D eigenvalue weighted by Gasteiger charge is -2.26. The predicted molar refractivity (Wildman–Crippen MR) is 101 cm³/mol. The zero-order valence-corrected chi connectivity index (χ0v) is 15.5. The average molecular weight is 383 g/mol. The fourth-order valence-corrected chi connectivity index (χ4v) is 2.80. The van der Waals surface area contributed by atoms with Crippen LogP contribution in [-0.4, -0.2) is 60.6 Å². The molecule has 8 nitrogen and oxygen atoms in total. The largest absolute Gasteiger partial charge is 0.462 e. The first-order valence-corrected chi connectivity index (χ1v) is 9.00. The number of rotatable bonds is 5. The molecule has 1 N–H and O–H groups in total. The van der Waals surface area contributed by atoms with Gasteiger partial charge >= 0.3 is 5.97 Å². The number of hydrogen-bond acceptors (Lipinski definition) is 6. The maximum absolute atomic E-state index is 12.6. The number of nitrogens with zero attached hydrogens (tertiary/aromatic N) is 2. The highest BCUT2D eigenvalue weighted by Gasteiger charge is 2.21. The summed E-state index contributed by atoms with van der Waals surface area (Å²) in [6.07, 6.45) is 1.42. The molecule has 2 amide bonds. The minimum absolute atomic E-state index is 0.0813. The third-order valence-corrected chi connectivity index (χ3v) is 4.21. The number of amides is 2. The summed E-state index contributed by atoms with van der Waals surface area (Å²) in [4.78, 5) is 43.0. The number of anilines is 1. The molecule has 1 aliphatic rings. The lowest BCUT2D eigenvalue weighted by Crippen LogP contribution is -2.40. The van der Waals surface area contributed by atoms with Gasteiger partial charge in [-0.05, 0) is 31.2 Å². The van der Waals surface area contributed by atoms with Crippen LogP contribution in [0.2, 0.25) is 0 Å². The molecule has 3 rings (SSSR count). The summed E-state index contributed by atoms with van der Waals surface area (Å²) in [5.41, 5.74) is 1.02. The molecular formula is C20H21N3O5. The smallest absolute Gasteiger partial charge is 0.340 e. The van der Waals surface area contributed by atoms with E-state index in [9.17, 15) is 14.4 Å². The fourth-order valence-electron chi connectivity index (χ4n) is 2.80. The van der Waals surface area contributed by atoms with Gasteiger partial charge in [0.15, 0.2) is 0 Å². The second-order valence-corrected chi connectivity index (χ2v) is 6.05. The van der Waals surface area contributed by atoms with Crippen molar-refractivity contribution in [3.05, 3.63) is 59.4 Å². The monoisotopic (exact) mass is 383 g/mol. The fraction of sp³-hybridized carbons (Fsp3) is 0.300. The van der Waals surface area contributed by atoms with Gasteiger partial charge in [0, 0.05) is 24.8 Å². The molecule has 8 heteroatoms. The van der Waals surface area contributed by atoms with Gasteiger partial charge in [0.05, 0.1) is 31.1 Å². The van der Waals surface area contributed by atoms with Crippen molar-refractivity contribution in [3.8, 4) is 0 Å². The van der Waals surface area contributed by atoms with E-state index in [0.717, 1.165) is 0 Å². The normalized spacial score (nSPS) is 13.7. The van der Waals surface area contributed by atoms with Crippen LogP contribution in [0.5, 0.6) is 0 Å². The van der Waals surface area contributed by atoms with Gasteiger partial charge in [-0.15, -0.1) is 0 Å². The molecule has 146 valence electrons. The van der Waals surface area contributed by atoms with E-state index in [2.05, 4.69) is 10.3 Å². The van der Waals surface area contributed by atoms with E-state index >= 15 is 0 Å². The van der Waals surface area contributed by atoms with Crippen LogP contribution >= 0.6 is 0 Å². The molecule has 0 atom stereocenters. The molecule has 0 aliphatic carbocycles.